The van der Waals surface area contributed by atoms with Crippen LogP contribution >= 0.6 is 0 Å². The van der Waals surface area contributed by atoms with Crippen LogP contribution in [0.4, 0.5) is 0 Å². The van der Waals surface area contributed by atoms with E-state index in [9.17, 15) is 0 Å². The van der Waals surface area contributed by atoms with Crippen molar-refractivity contribution in [3.05, 3.63) is 35.9 Å². The summed E-state index contributed by atoms with van der Waals surface area (Å²) < 4.78 is 11.4. The third-order valence-corrected chi connectivity index (χ3v) is 2.93. The predicted octanol–water partition coefficient (Wildman–Crippen LogP) is 2.81. The van der Waals surface area contributed by atoms with Gasteiger partial charge in [0.25, 0.3) is 0 Å². The normalized spacial score (nSPS) is 23.1. The van der Waals surface area contributed by atoms with E-state index in [0.29, 0.717) is 6.10 Å². The van der Waals surface area contributed by atoms with Crippen LogP contribution in [0.5, 0.6) is 0 Å². The fourth-order valence-electron chi connectivity index (χ4n) is 1.99. The molecule has 1 aromatic rings. The molecular weight excluding hydrogens is 200 g/mol. The van der Waals surface area contributed by atoms with Crippen LogP contribution in [0.1, 0.15) is 24.8 Å². The number of benzene rings is 1. The lowest BCUT2D eigenvalue weighted by molar-refractivity contribution is 0.0371. The average Bonchev–Trinajstić information content (AvgIpc) is 2.45. The van der Waals surface area contributed by atoms with Crippen molar-refractivity contribution in [2.45, 2.75) is 31.8 Å². The molecule has 0 saturated carbocycles. The summed E-state index contributed by atoms with van der Waals surface area (Å²) in [5.41, 5.74) is 1.35. The largest absolute Gasteiger partial charge is 0.381 e. The Morgan fingerprint density at radius 3 is 2.69 bits per heavy atom. The van der Waals surface area contributed by atoms with Crippen LogP contribution in [-0.2, 0) is 15.9 Å². The van der Waals surface area contributed by atoms with Gasteiger partial charge in [-0.05, 0) is 31.2 Å². The zero-order valence-corrected chi connectivity index (χ0v) is 9.73. The van der Waals surface area contributed by atoms with E-state index in [0.717, 1.165) is 45.5 Å². The molecule has 1 heterocycles. The van der Waals surface area contributed by atoms with Crippen LogP contribution in [0.15, 0.2) is 30.3 Å². The first-order valence-corrected chi connectivity index (χ1v) is 6.18. The van der Waals surface area contributed by atoms with Crippen LogP contribution in [0.25, 0.3) is 0 Å². The first-order valence-electron chi connectivity index (χ1n) is 6.18. The van der Waals surface area contributed by atoms with Gasteiger partial charge >= 0.3 is 0 Å². The minimum Gasteiger partial charge on any atom is -0.381 e. The van der Waals surface area contributed by atoms with E-state index in [1.54, 1.807) is 0 Å². The maximum absolute atomic E-state index is 5.89. The van der Waals surface area contributed by atoms with Crippen LogP contribution in [0, 0.1) is 0 Å². The fraction of sp³-hybridized carbons (Fsp3) is 0.571. The molecule has 0 spiro atoms. The number of hydrogen-bond acceptors (Lipinski definition) is 2. The maximum Gasteiger partial charge on any atom is 0.0637 e. The van der Waals surface area contributed by atoms with Gasteiger partial charge in [0, 0.05) is 19.8 Å². The smallest absolute Gasteiger partial charge is 0.0637 e. The summed E-state index contributed by atoms with van der Waals surface area (Å²) in [6.45, 7) is 2.60. The second-order valence-corrected chi connectivity index (χ2v) is 4.29. The molecule has 1 saturated heterocycles. The molecule has 2 nitrogen and oxygen atoms in total. The first-order chi connectivity index (χ1) is 7.95. The van der Waals surface area contributed by atoms with Crippen LogP contribution in [0.2, 0.25) is 0 Å². The van der Waals surface area contributed by atoms with Crippen molar-refractivity contribution in [1.82, 2.24) is 0 Å². The number of hydrogen-bond donors (Lipinski definition) is 0. The second kappa shape index (κ2) is 6.66. The molecular formula is C14H20O2. The summed E-state index contributed by atoms with van der Waals surface area (Å²) in [6.07, 6.45) is 4.57. The minimum absolute atomic E-state index is 0.320. The van der Waals surface area contributed by atoms with Crippen LogP contribution in [0.3, 0.4) is 0 Å². The minimum atomic E-state index is 0.320. The quantitative estimate of drug-likeness (QED) is 0.763. The first kappa shape index (κ1) is 11.6. The lowest BCUT2D eigenvalue weighted by atomic mass is 10.1. The van der Waals surface area contributed by atoms with E-state index in [2.05, 4.69) is 30.3 Å². The van der Waals surface area contributed by atoms with E-state index in [-0.39, 0.29) is 0 Å². The molecule has 1 aliphatic heterocycles. The Hall–Kier alpha value is -0.860. The van der Waals surface area contributed by atoms with Gasteiger partial charge in [-0.1, -0.05) is 30.3 Å². The van der Waals surface area contributed by atoms with E-state index >= 15 is 0 Å². The van der Waals surface area contributed by atoms with Crippen LogP contribution < -0.4 is 0 Å². The van der Waals surface area contributed by atoms with Gasteiger partial charge in [-0.15, -0.1) is 0 Å². The molecule has 2 rings (SSSR count). The van der Waals surface area contributed by atoms with Gasteiger partial charge in [-0.25, -0.2) is 0 Å². The Labute approximate surface area is 97.6 Å². The van der Waals surface area contributed by atoms with Gasteiger partial charge in [0.15, 0.2) is 0 Å². The molecule has 1 fully saturated rings. The van der Waals surface area contributed by atoms with Gasteiger partial charge in [-0.2, -0.15) is 0 Å². The highest BCUT2D eigenvalue weighted by Gasteiger charge is 2.11. The summed E-state index contributed by atoms with van der Waals surface area (Å²) in [4.78, 5) is 0. The summed E-state index contributed by atoms with van der Waals surface area (Å²) in [7, 11) is 0. The van der Waals surface area contributed by atoms with E-state index in [4.69, 9.17) is 9.47 Å². The molecule has 0 aromatic heterocycles. The third kappa shape index (κ3) is 3.95. The van der Waals surface area contributed by atoms with Gasteiger partial charge < -0.3 is 9.47 Å². The molecule has 1 aliphatic rings. The number of ether oxygens (including phenoxy) is 2. The summed E-state index contributed by atoms with van der Waals surface area (Å²) in [6, 6.07) is 10.5. The van der Waals surface area contributed by atoms with Crippen molar-refractivity contribution in [2.75, 3.05) is 19.8 Å². The van der Waals surface area contributed by atoms with Gasteiger partial charge in [0.1, 0.15) is 0 Å². The van der Waals surface area contributed by atoms with Gasteiger partial charge in [0.05, 0.1) is 6.10 Å². The Bertz CT molecular complexity index is 274. The molecule has 0 N–H and O–H groups in total. The molecule has 0 aliphatic carbocycles. The topological polar surface area (TPSA) is 18.5 Å². The fourth-order valence-corrected chi connectivity index (χ4v) is 1.99. The molecule has 1 atom stereocenters. The van der Waals surface area contributed by atoms with E-state index in [1.807, 2.05) is 0 Å². The summed E-state index contributed by atoms with van der Waals surface area (Å²) >= 11 is 0. The van der Waals surface area contributed by atoms with E-state index in [1.165, 1.54) is 5.56 Å². The Balaban J connectivity index is 1.86. The van der Waals surface area contributed by atoms with Crippen molar-refractivity contribution in [3.63, 3.8) is 0 Å². The zero-order chi connectivity index (χ0) is 11.1. The molecule has 0 amide bonds. The van der Waals surface area contributed by atoms with Gasteiger partial charge in [-0.3, -0.25) is 0 Å². The molecule has 1 aromatic carbocycles. The van der Waals surface area contributed by atoms with Crippen molar-refractivity contribution >= 4 is 0 Å². The Morgan fingerprint density at radius 2 is 1.81 bits per heavy atom. The highest BCUT2D eigenvalue weighted by Crippen LogP contribution is 2.11. The summed E-state index contributed by atoms with van der Waals surface area (Å²) in [5, 5.41) is 0. The van der Waals surface area contributed by atoms with E-state index < -0.39 is 0 Å². The lowest BCUT2D eigenvalue weighted by Gasteiger charge is -2.16. The Morgan fingerprint density at radius 1 is 1.00 bits per heavy atom. The monoisotopic (exact) mass is 220 g/mol. The van der Waals surface area contributed by atoms with Crippen molar-refractivity contribution in [3.8, 4) is 0 Å². The third-order valence-electron chi connectivity index (χ3n) is 2.93. The van der Waals surface area contributed by atoms with Crippen LogP contribution in [-0.4, -0.2) is 25.9 Å². The number of rotatable bonds is 2. The average molecular weight is 220 g/mol. The van der Waals surface area contributed by atoms with Gasteiger partial charge in [0.2, 0.25) is 0 Å². The molecule has 0 bridgehead atoms. The molecule has 88 valence electrons. The lowest BCUT2D eigenvalue weighted by Crippen LogP contribution is -2.18. The van der Waals surface area contributed by atoms with Crippen molar-refractivity contribution in [1.29, 1.82) is 0 Å². The Kier molecular flexibility index (Phi) is 4.84. The standard InChI is InChI=1S/C14H20O2/c1-2-6-13(7-3-1)12-14-8-11-15-9-4-5-10-16-14/h1-3,6-7,14H,4-5,8-12H2. The predicted molar refractivity (Wildman–Crippen MR) is 64.6 cm³/mol. The highest BCUT2D eigenvalue weighted by molar-refractivity contribution is 5.15. The highest BCUT2D eigenvalue weighted by atomic mass is 16.5. The molecule has 2 heteroatoms. The SMILES string of the molecule is c1ccc(CC2CCOCCCCO2)cc1. The molecule has 0 radical (unpaired) electrons. The van der Waals surface area contributed by atoms with Crippen molar-refractivity contribution in [2.24, 2.45) is 0 Å². The second-order valence-electron chi connectivity index (χ2n) is 4.29. The van der Waals surface area contributed by atoms with Crippen molar-refractivity contribution < 1.29 is 9.47 Å². The zero-order valence-electron chi connectivity index (χ0n) is 9.73. The maximum atomic E-state index is 5.89. The molecule has 1 unspecified atom stereocenters. The summed E-state index contributed by atoms with van der Waals surface area (Å²) in [5.74, 6) is 0. The molecule has 16 heavy (non-hydrogen) atoms.